The first-order valence-corrected chi connectivity index (χ1v) is 10.3. The van der Waals surface area contributed by atoms with Crippen molar-refractivity contribution in [3.8, 4) is 5.75 Å². The van der Waals surface area contributed by atoms with Crippen LogP contribution in [0.4, 0.5) is 0 Å². The second-order valence-corrected chi connectivity index (χ2v) is 7.76. The maximum Gasteiger partial charge on any atom is 0.269 e. The fourth-order valence-corrected chi connectivity index (χ4v) is 3.24. The first-order valence-electron chi connectivity index (χ1n) is 9.97. The van der Waals surface area contributed by atoms with Gasteiger partial charge in [-0.1, -0.05) is 29.8 Å². The molecule has 162 valence electrons. The van der Waals surface area contributed by atoms with Crippen LogP contribution in [0.1, 0.15) is 27.2 Å². The van der Waals surface area contributed by atoms with Crippen molar-refractivity contribution >= 4 is 29.1 Å². The molecular weight excluding hydrogens is 428 g/mol. The highest BCUT2D eigenvalue weighted by molar-refractivity contribution is 6.30. The molecule has 2 heterocycles. The van der Waals surface area contributed by atoms with E-state index in [2.05, 4.69) is 15.8 Å². The van der Waals surface area contributed by atoms with Crippen LogP contribution in [0.25, 0.3) is 5.65 Å². The number of ether oxygens (including phenoxy) is 1. The highest BCUT2D eigenvalue weighted by Gasteiger charge is 2.09. The predicted octanol–water partition coefficient (Wildman–Crippen LogP) is 3.88. The van der Waals surface area contributed by atoms with Crippen molar-refractivity contribution in [1.29, 1.82) is 0 Å². The van der Waals surface area contributed by atoms with E-state index in [-0.39, 0.29) is 12.3 Å². The van der Waals surface area contributed by atoms with E-state index in [1.165, 1.54) is 0 Å². The summed E-state index contributed by atoms with van der Waals surface area (Å²) in [6, 6.07) is 17.6. The molecule has 2 aromatic heterocycles. The standard InChI is InChI=1S/C24H21ClN4O3/c1-16-2-11-22-26-20(14-29(22)13-16)15-32-21-9-5-18(6-10-21)24(31)28-27-23(30)12-17-3-7-19(25)8-4-17/h2-11,13-14H,12,15H2,1H3,(H,27,30)(H,28,31). The van der Waals surface area contributed by atoms with E-state index in [1.807, 2.05) is 35.9 Å². The molecule has 0 aliphatic carbocycles. The Morgan fingerprint density at radius 2 is 1.72 bits per heavy atom. The topological polar surface area (TPSA) is 84.7 Å². The number of halogens is 1. The van der Waals surface area contributed by atoms with Crippen LogP contribution >= 0.6 is 11.6 Å². The lowest BCUT2D eigenvalue weighted by Crippen LogP contribution is -2.42. The van der Waals surface area contributed by atoms with E-state index in [1.54, 1.807) is 48.5 Å². The molecule has 0 unspecified atom stereocenters. The van der Waals surface area contributed by atoms with Gasteiger partial charge in [0, 0.05) is 23.0 Å². The highest BCUT2D eigenvalue weighted by Crippen LogP contribution is 2.15. The lowest BCUT2D eigenvalue weighted by molar-refractivity contribution is -0.121. The van der Waals surface area contributed by atoms with Gasteiger partial charge in [-0.2, -0.15) is 0 Å². The Kier molecular flexibility index (Phi) is 6.37. The van der Waals surface area contributed by atoms with Gasteiger partial charge in [-0.15, -0.1) is 0 Å². The molecule has 0 aliphatic heterocycles. The minimum absolute atomic E-state index is 0.132. The Balaban J connectivity index is 1.27. The Morgan fingerprint density at radius 3 is 2.47 bits per heavy atom. The number of aryl methyl sites for hydroxylation is 1. The van der Waals surface area contributed by atoms with Crippen molar-refractivity contribution in [1.82, 2.24) is 20.2 Å². The first-order chi connectivity index (χ1) is 15.5. The highest BCUT2D eigenvalue weighted by atomic mass is 35.5. The van der Waals surface area contributed by atoms with E-state index in [0.29, 0.717) is 22.9 Å². The molecule has 0 saturated carbocycles. The van der Waals surface area contributed by atoms with E-state index >= 15 is 0 Å². The summed E-state index contributed by atoms with van der Waals surface area (Å²) >= 11 is 5.83. The molecule has 0 bridgehead atoms. The third-order valence-corrected chi connectivity index (χ3v) is 5.00. The van der Waals surface area contributed by atoms with Gasteiger partial charge in [-0.3, -0.25) is 20.4 Å². The van der Waals surface area contributed by atoms with Gasteiger partial charge in [0.25, 0.3) is 5.91 Å². The smallest absolute Gasteiger partial charge is 0.269 e. The summed E-state index contributed by atoms with van der Waals surface area (Å²) in [5.74, 6) is -0.137. The van der Waals surface area contributed by atoms with E-state index in [9.17, 15) is 9.59 Å². The van der Waals surface area contributed by atoms with Gasteiger partial charge in [0.2, 0.25) is 5.91 Å². The van der Waals surface area contributed by atoms with E-state index in [4.69, 9.17) is 16.3 Å². The number of carbonyl (C=O) groups excluding carboxylic acids is 2. The maximum atomic E-state index is 12.3. The number of pyridine rings is 1. The van der Waals surface area contributed by atoms with Gasteiger partial charge in [-0.25, -0.2) is 4.98 Å². The van der Waals surface area contributed by atoms with Crippen molar-refractivity contribution in [2.75, 3.05) is 0 Å². The number of imidazole rings is 1. The molecule has 4 aromatic rings. The molecule has 2 amide bonds. The lowest BCUT2D eigenvalue weighted by Gasteiger charge is -2.09. The average molecular weight is 449 g/mol. The molecule has 0 aliphatic rings. The number of amides is 2. The Morgan fingerprint density at radius 1 is 0.969 bits per heavy atom. The molecule has 0 saturated heterocycles. The number of benzene rings is 2. The van der Waals surface area contributed by atoms with Gasteiger partial charge >= 0.3 is 0 Å². The SMILES string of the molecule is Cc1ccc2nc(COc3ccc(C(=O)NNC(=O)Cc4ccc(Cl)cc4)cc3)cn2c1. The fourth-order valence-electron chi connectivity index (χ4n) is 3.12. The normalized spacial score (nSPS) is 10.7. The van der Waals surface area contributed by atoms with Crippen LogP contribution in [0.15, 0.2) is 73.1 Å². The number of hydrazine groups is 1. The van der Waals surface area contributed by atoms with E-state index < -0.39 is 5.91 Å². The Labute approximate surface area is 190 Å². The van der Waals surface area contributed by atoms with Gasteiger partial charge in [0.1, 0.15) is 18.0 Å². The van der Waals surface area contributed by atoms with Gasteiger partial charge in [0.05, 0.1) is 12.1 Å². The third kappa shape index (κ3) is 5.44. The average Bonchev–Trinajstić information content (AvgIpc) is 3.20. The van der Waals surface area contributed by atoms with Gasteiger partial charge in [-0.05, 0) is 60.5 Å². The molecule has 4 rings (SSSR count). The molecule has 0 spiro atoms. The number of nitrogens with zero attached hydrogens (tertiary/aromatic N) is 2. The van der Waals surface area contributed by atoms with Crippen molar-refractivity contribution in [3.05, 3.63) is 100 Å². The summed E-state index contributed by atoms with van der Waals surface area (Å²) in [6.07, 6.45) is 4.07. The quantitative estimate of drug-likeness (QED) is 0.438. The van der Waals surface area contributed by atoms with Crippen LogP contribution in [0.5, 0.6) is 5.75 Å². The number of hydrogen-bond donors (Lipinski definition) is 2. The second-order valence-electron chi connectivity index (χ2n) is 7.32. The van der Waals surface area contributed by atoms with Crippen LogP contribution in [-0.2, 0) is 17.8 Å². The third-order valence-electron chi connectivity index (χ3n) is 4.75. The minimum atomic E-state index is -0.420. The Hall–Kier alpha value is -3.84. The van der Waals surface area contributed by atoms with Gasteiger partial charge < -0.3 is 9.14 Å². The molecule has 8 heteroatoms. The van der Waals surface area contributed by atoms with Crippen molar-refractivity contribution in [2.24, 2.45) is 0 Å². The number of hydrogen-bond acceptors (Lipinski definition) is 4. The molecule has 2 aromatic carbocycles. The zero-order valence-corrected chi connectivity index (χ0v) is 18.1. The van der Waals surface area contributed by atoms with Crippen LogP contribution in [0.2, 0.25) is 5.02 Å². The second kappa shape index (κ2) is 9.53. The molecule has 2 N–H and O–H groups in total. The largest absolute Gasteiger partial charge is 0.487 e. The summed E-state index contributed by atoms with van der Waals surface area (Å²) in [5, 5.41) is 0.600. The monoisotopic (exact) mass is 448 g/mol. The lowest BCUT2D eigenvalue weighted by atomic mass is 10.1. The molecule has 0 fully saturated rings. The summed E-state index contributed by atoms with van der Waals surface area (Å²) in [4.78, 5) is 28.8. The molecular formula is C24H21ClN4O3. The summed E-state index contributed by atoms with van der Waals surface area (Å²) in [6.45, 7) is 2.34. The number of fused-ring (bicyclic) bond motifs is 1. The summed E-state index contributed by atoms with van der Waals surface area (Å²) < 4.78 is 7.73. The van der Waals surface area contributed by atoms with Crippen LogP contribution in [-0.4, -0.2) is 21.2 Å². The number of aromatic nitrogens is 2. The summed E-state index contributed by atoms with van der Waals surface area (Å²) in [7, 11) is 0. The van der Waals surface area contributed by atoms with Crippen LogP contribution < -0.4 is 15.6 Å². The summed E-state index contributed by atoms with van der Waals surface area (Å²) in [5.41, 5.74) is 8.83. The minimum Gasteiger partial charge on any atom is -0.487 e. The molecule has 0 atom stereocenters. The predicted molar refractivity (Wildman–Crippen MR) is 121 cm³/mol. The zero-order chi connectivity index (χ0) is 22.5. The van der Waals surface area contributed by atoms with Crippen LogP contribution in [0.3, 0.4) is 0 Å². The zero-order valence-electron chi connectivity index (χ0n) is 17.3. The van der Waals surface area contributed by atoms with Crippen molar-refractivity contribution < 1.29 is 14.3 Å². The fraction of sp³-hybridized carbons (Fsp3) is 0.125. The molecule has 0 radical (unpaired) electrons. The van der Waals surface area contributed by atoms with Crippen molar-refractivity contribution in [3.63, 3.8) is 0 Å². The number of carbonyl (C=O) groups is 2. The van der Waals surface area contributed by atoms with Gasteiger partial charge in [0.15, 0.2) is 0 Å². The number of rotatable bonds is 6. The van der Waals surface area contributed by atoms with Crippen molar-refractivity contribution in [2.45, 2.75) is 20.0 Å². The van der Waals surface area contributed by atoms with Crippen LogP contribution in [0, 0.1) is 6.92 Å². The first kappa shape index (κ1) is 21.4. The molecule has 32 heavy (non-hydrogen) atoms. The maximum absolute atomic E-state index is 12.3. The van der Waals surface area contributed by atoms with E-state index in [0.717, 1.165) is 22.5 Å². The molecule has 7 nitrogen and oxygen atoms in total. The number of nitrogens with one attached hydrogen (secondary N) is 2. The Bertz CT molecular complexity index is 1250.